The molecule has 0 aromatic carbocycles. The van der Waals surface area contributed by atoms with E-state index in [1.54, 1.807) is 13.0 Å². The van der Waals surface area contributed by atoms with Crippen molar-refractivity contribution < 1.29 is 29.3 Å². The molecule has 0 spiro atoms. The second-order valence-electron chi connectivity index (χ2n) is 10.4. The number of unbranched alkanes of at least 4 members (excludes halogenated alkanes) is 1. The summed E-state index contributed by atoms with van der Waals surface area (Å²) in [4.78, 5) is 57.5. The minimum absolute atomic E-state index is 0.0000351. The lowest BCUT2D eigenvalue weighted by molar-refractivity contribution is -0.120. The molecule has 0 aromatic rings. The number of ketones is 2. The highest BCUT2D eigenvalue weighted by atomic mass is 31.2. The van der Waals surface area contributed by atoms with Crippen LogP contribution >= 0.6 is 8.38 Å². The van der Waals surface area contributed by atoms with Crippen LogP contribution in [0.4, 0.5) is 0 Å². The fourth-order valence-electron chi connectivity index (χ4n) is 4.49. The minimum Gasteiger partial charge on any atom is -0.393 e. The predicted molar refractivity (Wildman–Crippen MR) is 151 cm³/mol. The van der Waals surface area contributed by atoms with E-state index in [0.29, 0.717) is 56.0 Å². The van der Waals surface area contributed by atoms with E-state index in [9.17, 15) is 19.5 Å². The number of fused-ring (bicyclic) bond motifs is 2. The Labute approximate surface area is 227 Å². The van der Waals surface area contributed by atoms with Gasteiger partial charge >= 0.3 is 0 Å². The first-order valence-electron chi connectivity index (χ1n) is 13.4. The molecule has 8 nitrogen and oxygen atoms in total. The summed E-state index contributed by atoms with van der Waals surface area (Å²) < 4.78 is 0. The van der Waals surface area contributed by atoms with Crippen molar-refractivity contribution in [3.05, 3.63) is 58.5 Å². The highest BCUT2D eigenvalue weighted by Crippen LogP contribution is 2.28. The number of amides is 1. The molecule has 1 aliphatic heterocycles. The standard InChI is InChI=1S/C29H43N2O6P/c1-19-10-6-5-7-11-21(3)29(35)31-24-18-26(33)27(30-14-8-9-15-38(36)37)23(28(24)34)17-20(2)12-13-25(32)22(4)16-19/h5,7,11,16,18,20,22,25,30,32,36-37H,6,8-10,12-15,17H2,1-4H3,(H,31,35)/b7-5-,19-16+,21-11+. The van der Waals surface area contributed by atoms with Crippen LogP contribution in [0.3, 0.4) is 0 Å². The molecule has 1 aliphatic carbocycles. The fourth-order valence-corrected chi connectivity index (χ4v) is 5.00. The zero-order valence-corrected chi connectivity index (χ0v) is 23.9. The smallest absolute Gasteiger partial charge is 0.251 e. The largest absolute Gasteiger partial charge is 0.393 e. The van der Waals surface area contributed by atoms with Crippen LogP contribution in [-0.4, -0.2) is 51.2 Å². The SMILES string of the molecule is C/C1=C\C(C)C(O)CCC(C)CC2=C(NCCCCP(O)O)C(=O)C=C(NC(=O)/C(C)=C/C=C\CC1)C2=O. The lowest BCUT2D eigenvalue weighted by atomic mass is 9.86. The topological polar surface area (TPSA) is 136 Å². The summed E-state index contributed by atoms with van der Waals surface area (Å²) >= 11 is 0. The van der Waals surface area contributed by atoms with Gasteiger partial charge in [-0.2, -0.15) is 0 Å². The van der Waals surface area contributed by atoms with Gasteiger partial charge in [0.25, 0.3) is 5.91 Å². The van der Waals surface area contributed by atoms with Crippen LogP contribution in [-0.2, 0) is 14.4 Å². The molecule has 0 radical (unpaired) electrons. The third kappa shape index (κ3) is 10.4. The first-order chi connectivity index (χ1) is 18.0. The highest BCUT2D eigenvalue weighted by Gasteiger charge is 2.30. The molecule has 0 aromatic heterocycles. The molecule has 2 aliphatic rings. The zero-order chi connectivity index (χ0) is 28.2. The van der Waals surface area contributed by atoms with Crippen LogP contribution in [0, 0.1) is 11.8 Å². The van der Waals surface area contributed by atoms with E-state index in [-0.39, 0.29) is 29.0 Å². The molecule has 0 saturated carbocycles. The van der Waals surface area contributed by atoms with E-state index < -0.39 is 26.2 Å². The summed E-state index contributed by atoms with van der Waals surface area (Å²) in [5, 5.41) is 16.4. The number of carbonyl (C=O) groups is 3. The molecular weight excluding hydrogens is 503 g/mol. The van der Waals surface area contributed by atoms with Crippen LogP contribution in [0.25, 0.3) is 0 Å². The third-order valence-electron chi connectivity index (χ3n) is 6.89. The number of Topliss-reactive ketones (excluding diaryl/α,β-unsaturated/α-hetero) is 1. The molecule has 3 unspecified atom stereocenters. The lowest BCUT2D eigenvalue weighted by Crippen LogP contribution is -2.36. The van der Waals surface area contributed by atoms with Crippen molar-refractivity contribution in [1.82, 2.24) is 10.6 Å². The number of hydrogen-bond donors (Lipinski definition) is 5. The Balaban J connectivity index is 2.32. The normalized spacial score (nSPS) is 28.3. The van der Waals surface area contributed by atoms with Crippen LogP contribution < -0.4 is 10.6 Å². The molecule has 9 heteroatoms. The summed E-state index contributed by atoms with van der Waals surface area (Å²) in [6.45, 7) is 8.11. The van der Waals surface area contributed by atoms with Gasteiger partial charge in [-0.05, 0) is 64.7 Å². The summed E-state index contributed by atoms with van der Waals surface area (Å²) in [6, 6.07) is 0. The van der Waals surface area contributed by atoms with Crippen molar-refractivity contribution in [2.75, 3.05) is 12.7 Å². The summed E-state index contributed by atoms with van der Waals surface area (Å²) in [5.41, 5.74) is 2.13. The average Bonchev–Trinajstić information content (AvgIpc) is 2.85. The molecule has 0 fully saturated rings. The van der Waals surface area contributed by atoms with Crippen molar-refractivity contribution in [2.45, 2.75) is 78.7 Å². The number of aliphatic hydroxyl groups excluding tert-OH is 1. The van der Waals surface area contributed by atoms with Gasteiger partial charge in [-0.25, -0.2) is 0 Å². The first kappa shape index (κ1) is 31.8. The predicted octanol–water partition coefficient (Wildman–Crippen LogP) is 4.10. The maximum atomic E-state index is 13.5. The summed E-state index contributed by atoms with van der Waals surface area (Å²) in [6.07, 6.45) is 12.9. The van der Waals surface area contributed by atoms with Gasteiger partial charge in [0, 0.05) is 35.8 Å². The number of allylic oxidation sites excluding steroid dienone is 6. The second kappa shape index (κ2) is 15.9. The Kier molecular flexibility index (Phi) is 13.3. The Hall–Kier alpha value is -2.38. The number of hydrogen-bond acceptors (Lipinski definition) is 7. The number of aliphatic hydroxyl groups is 1. The van der Waals surface area contributed by atoms with E-state index in [1.165, 1.54) is 11.6 Å². The highest BCUT2D eigenvalue weighted by molar-refractivity contribution is 7.45. The van der Waals surface area contributed by atoms with Crippen molar-refractivity contribution >= 4 is 25.8 Å². The van der Waals surface area contributed by atoms with E-state index >= 15 is 0 Å². The van der Waals surface area contributed by atoms with E-state index in [0.717, 1.165) is 12.8 Å². The minimum atomic E-state index is -1.95. The van der Waals surface area contributed by atoms with Crippen molar-refractivity contribution in [3.8, 4) is 0 Å². The summed E-state index contributed by atoms with van der Waals surface area (Å²) in [5.74, 6) is -1.20. The average molecular weight is 547 g/mol. The van der Waals surface area contributed by atoms with Crippen molar-refractivity contribution in [2.24, 2.45) is 11.8 Å². The molecule has 3 atom stereocenters. The van der Waals surface area contributed by atoms with Gasteiger partial charge in [-0.1, -0.05) is 43.7 Å². The van der Waals surface area contributed by atoms with Gasteiger partial charge in [0.05, 0.1) is 17.5 Å². The maximum absolute atomic E-state index is 13.5. The van der Waals surface area contributed by atoms with Gasteiger partial charge < -0.3 is 25.5 Å². The van der Waals surface area contributed by atoms with Crippen LogP contribution in [0.5, 0.6) is 0 Å². The molecule has 210 valence electrons. The van der Waals surface area contributed by atoms with Gasteiger partial charge in [-0.3, -0.25) is 14.4 Å². The van der Waals surface area contributed by atoms with E-state index in [2.05, 4.69) is 23.6 Å². The fraction of sp³-hybridized carbons (Fsp3) is 0.552. The lowest BCUT2D eigenvalue weighted by Gasteiger charge is -2.24. The molecule has 2 bridgehead atoms. The Morgan fingerprint density at radius 1 is 1.11 bits per heavy atom. The van der Waals surface area contributed by atoms with Crippen LogP contribution in [0.2, 0.25) is 0 Å². The molecule has 5 N–H and O–H groups in total. The Bertz CT molecular complexity index is 1020. The second-order valence-corrected chi connectivity index (χ2v) is 11.6. The van der Waals surface area contributed by atoms with Crippen LogP contribution in [0.1, 0.15) is 72.6 Å². The number of nitrogens with one attached hydrogen (secondary N) is 2. The van der Waals surface area contributed by atoms with E-state index in [4.69, 9.17) is 9.79 Å². The number of rotatable bonds is 6. The Morgan fingerprint density at radius 3 is 2.55 bits per heavy atom. The summed E-state index contributed by atoms with van der Waals surface area (Å²) in [7, 11) is -1.95. The van der Waals surface area contributed by atoms with Crippen molar-refractivity contribution in [3.63, 3.8) is 0 Å². The molecule has 2 rings (SSSR count). The van der Waals surface area contributed by atoms with Crippen molar-refractivity contribution in [1.29, 1.82) is 0 Å². The van der Waals surface area contributed by atoms with Gasteiger partial charge in [0.2, 0.25) is 11.6 Å². The zero-order valence-electron chi connectivity index (χ0n) is 23.0. The molecular formula is C29H43N2O6P. The quantitative estimate of drug-likeness (QED) is 0.146. The molecule has 1 heterocycles. The first-order valence-corrected chi connectivity index (χ1v) is 14.9. The van der Waals surface area contributed by atoms with Gasteiger partial charge in [0.15, 0.2) is 8.38 Å². The molecule has 38 heavy (non-hydrogen) atoms. The Morgan fingerprint density at radius 2 is 1.84 bits per heavy atom. The third-order valence-corrected chi connectivity index (χ3v) is 7.60. The maximum Gasteiger partial charge on any atom is 0.251 e. The van der Waals surface area contributed by atoms with Gasteiger partial charge in [0.1, 0.15) is 0 Å². The number of carbonyl (C=O) groups excluding carboxylic acids is 3. The van der Waals surface area contributed by atoms with Crippen LogP contribution in [0.15, 0.2) is 58.5 Å². The monoisotopic (exact) mass is 546 g/mol. The molecule has 0 saturated heterocycles. The van der Waals surface area contributed by atoms with E-state index in [1.807, 2.05) is 26.0 Å². The van der Waals surface area contributed by atoms with Gasteiger partial charge in [-0.15, -0.1) is 0 Å². The molecule has 1 amide bonds.